The number of carbonyl (C=O) groups excluding carboxylic acids is 1. The summed E-state index contributed by atoms with van der Waals surface area (Å²) in [6, 6.07) is 16.9. The van der Waals surface area contributed by atoms with Gasteiger partial charge in [0.05, 0.1) is 12.0 Å². The van der Waals surface area contributed by atoms with E-state index in [0.717, 1.165) is 24.9 Å². The van der Waals surface area contributed by atoms with Crippen LogP contribution in [0.2, 0.25) is 0 Å². The van der Waals surface area contributed by atoms with Crippen molar-refractivity contribution in [1.29, 1.82) is 0 Å². The molecule has 1 amide bonds. The summed E-state index contributed by atoms with van der Waals surface area (Å²) < 4.78 is 0. The predicted octanol–water partition coefficient (Wildman–Crippen LogP) is 3.24. The normalized spacial score (nSPS) is 19.3. The van der Waals surface area contributed by atoms with Crippen molar-refractivity contribution in [1.82, 2.24) is 5.32 Å². The van der Waals surface area contributed by atoms with E-state index >= 15 is 0 Å². The third kappa shape index (κ3) is 4.02. The van der Waals surface area contributed by atoms with E-state index in [4.69, 9.17) is 5.11 Å². The molecular weight excluding hydrogens is 302 g/mol. The lowest BCUT2D eigenvalue weighted by Gasteiger charge is -2.35. The summed E-state index contributed by atoms with van der Waals surface area (Å²) in [5.41, 5.74) is 2.45. The van der Waals surface area contributed by atoms with Gasteiger partial charge in [0.15, 0.2) is 0 Å². The van der Waals surface area contributed by atoms with E-state index in [2.05, 4.69) is 29.6 Å². The molecule has 1 saturated carbocycles. The number of rotatable bonds is 6. The topological polar surface area (TPSA) is 66.4 Å². The van der Waals surface area contributed by atoms with Crippen LogP contribution in [0.25, 0.3) is 0 Å². The Labute approximate surface area is 141 Å². The fourth-order valence-electron chi connectivity index (χ4n) is 3.17. The second-order valence-electron chi connectivity index (χ2n) is 6.43. The number of carboxylic acid groups (broad SMARTS) is 1. The molecule has 0 bridgehead atoms. The molecule has 2 aromatic carbocycles. The van der Waals surface area contributed by atoms with Gasteiger partial charge in [-0.3, -0.25) is 4.79 Å². The average Bonchev–Trinajstić information content (AvgIpc) is 2.55. The first-order chi connectivity index (χ1) is 11.6. The molecule has 4 heteroatoms. The monoisotopic (exact) mass is 323 g/mol. The van der Waals surface area contributed by atoms with Crippen LogP contribution in [0.15, 0.2) is 54.6 Å². The Balaban J connectivity index is 1.40. The van der Waals surface area contributed by atoms with E-state index in [1.807, 2.05) is 6.07 Å². The van der Waals surface area contributed by atoms with Gasteiger partial charge in [0.1, 0.15) is 0 Å². The van der Waals surface area contributed by atoms with Crippen LogP contribution in [-0.2, 0) is 11.2 Å². The molecule has 0 radical (unpaired) electrons. The van der Waals surface area contributed by atoms with Crippen molar-refractivity contribution in [3.05, 3.63) is 71.3 Å². The maximum Gasteiger partial charge on any atom is 0.335 e. The van der Waals surface area contributed by atoms with Gasteiger partial charge in [0.2, 0.25) is 5.91 Å². The minimum Gasteiger partial charge on any atom is -0.478 e. The van der Waals surface area contributed by atoms with E-state index in [1.54, 1.807) is 12.1 Å². The number of carbonyl (C=O) groups is 2. The highest BCUT2D eigenvalue weighted by Crippen LogP contribution is 2.40. The Morgan fingerprint density at radius 3 is 2.29 bits per heavy atom. The largest absolute Gasteiger partial charge is 0.478 e. The molecular formula is C20H21NO3. The van der Waals surface area contributed by atoms with E-state index in [9.17, 15) is 9.59 Å². The Morgan fingerprint density at radius 2 is 1.67 bits per heavy atom. The lowest BCUT2D eigenvalue weighted by Crippen LogP contribution is -2.36. The molecule has 0 heterocycles. The van der Waals surface area contributed by atoms with Crippen molar-refractivity contribution >= 4 is 11.9 Å². The summed E-state index contributed by atoms with van der Waals surface area (Å²) in [6.45, 7) is 0.718. The van der Waals surface area contributed by atoms with E-state index in [-0.39, 0.29) is 17.9 Å². The summed E-state index contributed by atoms with van der Waals surface area (Å²) >= 11 is 0. The highest BCUT2D eigenvalue weighted by molar-refractivity contribution is 5.87. The van der Waals surface area contributed by atoms with Crippen LogP contribution in [0.1, 0.15) is 40.2 Å². The second-order valence-corrected chi connectivity index (χ2v) is 6.43. The quantitative estimate of drug-likeness (QED) is 0.857. The molecule has 0 saturated heterocycles. The number of aromatic carboxylic acids is 1. The zero-order valence-electron chi connectivity index (χ0n) is 13.4. The average molecular weight is 323 g/mol. The van der Waals surface area contributed by atoms with Crippen LogP contribution < -0.4 is 5.32 Å². The molecule has 1 fully saturated rings. The Kier molecular flexibility index (Phi) is 4.94. The summed E-state index contributed by atoms with van der Waals surface area (Å²) in [4.78, 5) is 22.8. The first-order valence-corrected chi connectivity index (χ1v) is 8.25. The van der Waals surface area contributed by atoms with Gasteiger partial charge in [-0.25, -0.2) is 4.79 Å². The van der Waals surface area contributed by atoms with Crippen molar-refractivity contribution < 1.29 is 14.7 Å². The smallest absolute Gasteiger partial charge is 0.335 e. The van der Waals surface area contributed by atoms with Gasteiger partial charge >= 0.3 is 5.97 Å². The van der Waals surface area contributed by atoms with Crippen LogP contribution in [0.4, 0.5) is 0 Å². The van der Waals surface area contributed by atoms with Gasteiger partial charge < -0.3 is 10.4 Å². The van der Waals surface area contributed by atoms with Crippen LogP contribution in [0.3, 0.4) is 0 Å². The first kappa shape index (κ1) is 16.2. The molecule has 2 N–H and O–H groups in total. The third-order valence-electron chi connectivity index (χ3n) is 4.66. The number of nitrogens with one attached hydrogen (secondary N) is 1. The van der Waals surface area contributed by atoms with Crippen molar-refractivity contribution in [3.8, 4) is 0 Å². The number of hydrogen-bond acceptors (Lipinski definition) is 2. The zero-order valence-corrected chi connectivity index (χ0v) is 13.4. The van der Waals surface area contributed by atoms with Gasteiger partial charge in [-0.1, -0.05) is 42.5 Å². The number of hydrogen-bond donors (Lipinski definition) is 2. The Bertz CT molecular complexity index is 703. The van der Waals surface area contributed by atoms with E-state index in [1.165, 1.54) is 17.7 Å². The summed E-state index contributed by atoms with van der Waals surface area (Å²) in [6.07, 6.45) is 2.53. The maximum atomic E-state index is 12.0. The van der Waals surface area contributed by atoms with Gasteiger partial charge in [-0.15, -0.1) is 0 Å². The van der Waals surface area contributed by atoms with Gasteiger partial charge in [-0.05, 0) is 47.9 Å². The number of amides is 1. The molecule has 0 unspecified atom stereocenters. The van der Waals surface area contributed by atoms with Crippen LogP contribution in [0, 0.1) is 5.92 Å². The van der Waals surface area contributed by atoms with Crippen molar-refractivity contribution in [2.45, 2.75) is 25.2 Å². The van der Waals surface area contributed by atoms with Gasteiger partial charge in [0.25, 0.3) is 0 Å². The molecule has 0 aromatic heterocycles. The standard InChI is InChI=1S/C20H21NO3/c22-19(12-14-6-8-17(9-7-14)20(23)24)21-13-15-10-18(11-15)16-4-2-1-3-5-16/h1-9,15,18H,10-13H2,(H,21,22)(H,23,24). The highest BCUT2D eigenvalue weighted by Gasteiger charge is 2.30. The molecule has 24 heavy (non-hydrogen) atoms. The molecule has 0 spiro atoms. The van der Waals surface area contributed by atoms with Gasteiger partial charge in [-0.2, -0.15) is 0 Å². The van der Waals surface area contributed by atoms with Crippen LogP contribution >= 0.6 is 0 Å². The minimum atomic E-state index is -0.955. The molecule has 4 nitrogen and oxygen atoms in total. The van der Waals surface area contributed by atoms with Crippen molar-refractivity contribution in [2.75, 3.05) is 6.54 Å². The predicted molar refractivity (Wildman–Crippen MR) is 92.0 cm³/mol. The molecule has 0 aliphatic heterocycles. The highest BCUT2D eigenvalue weighted by atomic mass is 16.4. The van der Waals surface area contributed by atoms with Crippen molar-refractivity contribution in [2.24, 2.45) is 5.92 Å². The van der Waals surface area contributed by atoms with E-state index in [0.29, 0.717) is 11.8 Å². The minimum absolute atomic E-state index is 0.0127. The number of carboxylic acids is 1. The second kappa shape index (κ2) is 7.30. The molecule has 0 atom stereocenters. The van der Waals surface area contributed by atoms with Crippen LogP contribution in [-0.4, -0.2) is 23.5 Å². The molecule has 124 valence electrons. The van der Waals surface area contributed by atoms with Crippen LogP contribution in [0.5, 0.6) is 0 Å². The first-order valence-electron chi connectivity index (χ1n) is 8.25. The van der Waals surface area contributed by atoms with Crippen molar-refractivity contribution in [3.63, 3.8) is 0 Å². The summed E-state index contributed by atoms with van der Waals surface area (Å²) in [5, 5.41) is 11.8. The molecule has 3 rings (SSSR count). The van der Waals surface area contributed by atoms with Gasteiger partial charge in [0, 0.05) is 6.54 Å². The zero-order chi connectivity index (χ0) is 16.9. The molecule has 2 aromatic rings. The fourth-order valence-corrected chi connectivity index (χ4v) is 3.17. The number of benzene rings is 2. The third-order valence-corrected chi connectivity index (χ3v) is 4.66. The lowest BCUT2D eigenvalue weighted by atomic mass is 9.71. The fraction of sp³-hybridized carbons (Fsp3) is 0.300. The summed E-state index contributed by atoms with van der Waals surface area (Å²) in [7, 11) is 0. The maximum absolute atomic E-state index is 12.0. The summed E-state index contributed by atoms with van der Waals surface area (Å²) in [5.74, 6) is 0.204. The Hall–Kier alpha value is -2.62. The van der Waals surface area contributed by atoms with E-state index < -0.39 is 5.97 Å². The SMILES string of the molecule is O=C(Cc1ccc(C(=O)O)cc1)NCC1CC(c2ccccc2)C1. The molecule has 1 aliphatic rings. The molecule has 1 aliphatic carbocycles. The Morgan fingerprint density at radius 1 is 1.00 bits per heavy atom. The lowest BCUT2D eigenvalue weighted by molar-refractivity contribution is -0.120.